The zero-order chi connectivity index (χ0) is 9.14. The first kappa shape index (κ1) is 9.64. The van der Waals surface area contributed by atoms with Gasteiger partial charge < -0.3 is 5.73 Å². The molecule has 1 unspecified atom stereocenters. The van der Waals surface area contributed by atoms with Crippen molar-refractivity contribution < 1.29 is 4.39 Å². The summed E-state index contributed by atoms with van der Waals surface area (Å²) < 4.78 is 13.0. The molecule has 1 atom stereocenters. The smallest absolute Gasteiger partial charge is 0.143 e. The molecule has 0 aliphatic carbocycles. The Bertz CT molecular complexity index is 261. The molecule has 2 N–H and O–H groups in total. The molecule has 3 nitrogen and oxygen atoms in total. The van der Waals surface area contributed by atoms with E-state index in [9.17, 15) is 4.39 Å². The van der Waals surface area contributed by atoms with E-state index in [1.165, 1.54) is 0 Å². The second-order valence-corrected chi connectivity index (χ2v) is 2.79. The van der Waals surface area contributed by atoms with Crippen LogP contribution in [0.25, 0.3) is 0 Å². The van der Waals surface area contributed by atoms with E-state index in [4.69, 9.17) is 28.9 Å². The number of nitrogens with zero attached hydrogens (tertiary/aromatic N) is 2. The van der Waals surface area contributed by atoms with Gasteiger partial charge in [-0.3, -0.25) is 0 Å². The number of nitrogens with two attached hydrogens (primary N) is 1. The van der Waals surface area contributed by atoms with E-state index in [0.29, 0.717) is 0 Å². The molecule has 1 aromatic heterocycles. The lowest BCUT2D eigenvalue weighted by molar-refractivity contribution is 0.351. The fourth-order valence-corrected chi connectivity index (χ4v) is 1.28. The van der Waals surface area contributed by atoms with Crippen molar-refractivity contribution in [3.63, 3.8) is 0 Å². The molecule has 1 rings (SSSR count). The first-order valence-corrected chi connectivity index (χ1v) is 3.92. The van der Waals surface area contributed by atoms with Gasteiger partial charge in [-0.2, -0.15) is 0 Å². The van der Waals surface area contributed by atoms with Crippen LogP contribution in [0.2, 0.25) is 10.3 Å². The van der Waals surface area contributed by atoms with Crippen LogP contribution in [0.3, 0.4) is 0 Å². The second kappa shape index (κ2) is 3.98. The molecule has 0 aromatic carbocycles. The Labute approximate surface area is 78.7 Å². The monoisotopic (exact) mass is 209 g/mol. The van der Waals surface area contributed by atoms with Crippen LogP contribution in [0.4, 0.5) is 4.39 Å². The van der Waals surface area contributed by atoms with Gasteiger partial charge in [0.25, 0.3) is 0 Å². The van der Waals surface area contributed by atoms with E-state index in [2.05, 4.69) is 9.97 Å². The van der Waals surface area contributed by atoms with Crippen LogP contribution < -0.4 is 5.73 Å². The summed E-state index contributed by atoms with van der Waals surface area (Å²) in [6, 6.07) is 0. The molecule has 0 radical (unpaired) electrons. The molecule has 0 aliphatic heterocycles. The highest BCUT2D eigenvalue weighted by Crippen LogP contribution is 2.28. The van der Waals surface area contributed by atoms with Crippen molar-refractivity contribution >= 4 is 23.2 Å². The van der Waals surface area contributed by atoms with Crippen LogP contribution in [0.5, 0.6) is 0 Å². The molecule has 0 aliphatic rings. The van der Waals surface area contributed by atoms with Crippen LogP contribution in [0.15, 0.2) is 6.33 Å². The van der Waals surface area contributed by atoms with E-state index in [-0.39, 0.29) is 22.4 Å². The molecule has 66 valence electrons. The van der Waals surface area contributed by atoms with Crippen LogP contribution in [0.1, 0.15) is 11.7 Å². The van der Waals surface area contributed by atoms with Crippen molar-refractivity contribution in [2.45, 2.75) is 6.17 Å². The first-order valence-electron chi connectivity index (χ1n) is 3.16. The minimum Gasteiger partial charge on any atom is -0.327 e. The SMILES string of the molecule is NCC(F)c1c(Cl)ncnc1Cl. The molecule has 0 saturated carbocycles. The minimum atomic E-state index is -1.41. The van der Waals surface area contributed by atoms with Gasteiger partial charge in [0.2, 0.25) is 0 Å². The molecule has 12 heavy (non-hydrogen) atoms. The third-order valence-electron chi connectivity index (χ3n) is 1.31. The summed E-state index contributed by atoms with van der Waals surface area (Å²) in [5.74, 6) is 0. The molecule has 1 heterocycles. The number of aromatic nitrogens is 2. The number of hydrogen-bond acceptors (Lipinski definition) is 3. The molecule has 0 bridgehead atoms. The Kier molecular flexibility index (Phi) is 3.20. The zero-order valence-corrected chi connectivity index (χ0v) is 7.48. The van der Waals surface area contributed by atoms with Crippen LogP contribution in [-0.4, -0.2) is 16.5 Å². The van der Waals surface area contributed by atoms with Gasteiger partial charge in [-0.15, -0.1) is 0 Å². The third kappa shape index (κ3) is 1.83. The Morgan fingerprint density at radius 2 is 1.92 bits per heavy atom. The van der Waals surface area contributed by atoms with Crippen molar-refractivity contribution in [1.82, 2.24) is 9.97 Å². The lowest BCUT2D eigenvalue weighted by Gasteiger charge is -2.07. The van der Waals surface area contributed by atoms with Gasteiger partial charge in [-0.25, -0.2) is 14.4 Å². The quantitative estimate of drug-likeness (QED) is 0.756. The Balaban J connectivity index is 3.12. The van der Waals surface area contributed by atoms with Gasteiger partial charge in [-0.05, 0) is 0 Å². The maximum absolute atomic E-state index is 13.0. The number of halogens is 3. The highest BCUT2D eigenvalue weighted by atomic mass is 35.5. The van der Waals surface area contributed by atoms with Crippen LogP contribution >= 0.6 is 23.2 Å². The van der Waals surface area contributed by atoms with Crippen molar-refractivity contribution in [3.8, 4) is 0 Å². The standard InChI is InChI=1S/C6H6Cl2FN3/c7-5-4(3(9)1-10)6(8)12-2-11-5/h2-3H,1,10H2. The van der Waals surface area contributed by atoms with Crippen molar-refractivity contribution in [1.29, 1.82) is 0 Å². The molecule has 0 amide bonds. The summed E-state index contributed by atoms with van der Waals surface area (Å²) in [6.07, 6.45) is -0.247. The summed E-state index contributed by atoms with van der Waals surface area (Å²) in [4.78, 5) is 7.17. The molecule has 0 spiro atoms. The molecule has 0 fully saturated rings. The predicted octanol–water partition coefficient (Wildman–Crippen LogP) is 1.75. The Hall–Kier alpha value is -0.450. The Morgan fingerprint density at radius 3 is 2.33 bits per heavy atom. The molecular weight excluding hydrogens is 204 g/mol. The minimum absolute atomic E-state index is 0.00736. The van der Waals surface area contributed by atoms with Gasteiger partial charge in [0.05, 0.1) is 5.56 Å². The molecular formula is C6H6Cl2FN3. The zero-order valence-electron chi connectivity index (χ0n) is 5.97. The average molecular weight is 210 g/mol. The van der Waals surface area contributed by atoms with E-state index in [1.54, 1.807) is 0 Å². The fourth-order valence-electron chi connectivity index (χ4n) is 0.731. The van der Waals surface area contributed by atoms with Gasteiger partial charge in [-0.1, -0.05) is 23.2 Å². The fraction of sp³-hybridized carbons (Fsp3) is 0.333. The summed E-state index contributed by atoms with van der Waals surface area (Å²) in [7, 11) is 0. The summed E-state index contributed by atoms with van der Waals surface area (Å²) in [5.41, 5.74) is 5.15. The van der Waals surface area contributed by atoms with E-state index < -0.39 is 6.17 Å². The number of rotatable bonds is 2. The van der Waals surface area contributed by atoms with E-state index >= 15 is 0 Å². The van der Waals surface area contributed by atoms with Crippen molar-refractivity contribution in [3.05, 3.63) is 22.2 Å². The summed E-state index contributed by atoms with van der Waals surface area (Å²) >= 11 is 11.1. The van der Waals surface area contributed by atoms with E-state index in [1.807, 2.05) is 0 Å². The number of hydrogen-bond donors (Lipinski definition) is 1. The second-order valence-electron chi connectivity index (χ2n) is 2.07. The average Bonchev–Trinajstić information content (AvgIpc) is 2.03. The molecule has 1 aromatic rings. The summed E-state index contributed by atoms with van der Waals surface area (Å²) in [6.45, 7) is -0.188. The summed E-state index contributed by atoms with van der Waals surface area (Å²) in [5, 5.41) is 0.0147. The van der Waals surface area contributed by atoms with Gasteiger partial charge >= 0.3 is 0 Å². The predicted molar refractivity (Wildman–Crippen MR) is 45.0 cm³/mol. The van der Waals surface area contributed by atoms with Crippen molar-refractivity contribution in [2.24, 2.45) is 5.73 Å². The molecule has 0 saturated heterocycles. The third-order valence-corrected chi connectivity index (χ3v) is 1.91. The highest BCUT2D eigenvalue weighted by molar-refractivity contribution is 6.34. The maximum Gasteiger partial charge on any atom is 0.143 e. The normalized spacial score (nSPS) is 13.0. The molecule has 6 heteroatoms. The Morgan fingerprint density at radius 1 is 1.42 bits per heavy atom. The van der Waals surface area contributed by atoms with Crippen LogP contribution in [-0.2, 0) is 0 Å². The van der Waals surface area contributed by atoms with Gasteiger partial charge in [0, 0.05) is 6.54 Å². The van der Waals surface area contributed by atoms with Crippen LogP contribution in [0, 0.1) is 0 Å². The van der Waals surface area contributed by atoms with Crippen molar-refractivity contribution in [2.75, 3.05) is 6.54 Å². The topological polar surface area (TPSA) is 51.8 Å². The maximum atomic E-state index is 13.0. The van der Waals surface area contributed by atoms with Gasteiger partial charge in [0.15, 0.2) is 0 Å². The largest absolute Gasteiger partial charge is 0.327 e. The highest BCUT2D eigenvalue weighted by Gasteiger charge is 2.17. The first-order chi connectivity index (χ1) is 5.66. The lowest BCUT2D eigenvalue weighted by Crippen LogP contribution is -2.09. The van der Waals surface area contributed by atoms with Gasteiger partial charge in [0.1, 0.15) is 22.8 Å². The number of alkyl halides is 1. The lowest BCUT2D eigenvalue weighted by atomic mass is 10.2. The van der Waals surface area contributed by atoms with E-state index in [0.717, 1.165) is 6.33 Å².